The molecule has 1 saturated heterocycles. The predicted octanol–water partition coefficient (Wildman–Crippen LogP) is 0.894. The second-order valence-electron chi connectivity index (χ2n) is 3.82. The molecule has 0 radical (unpaired) electrons. The standard InChI is InChI=1S/C9H14N2O2S2/c10-4-9-11-8(5-14-9)7-2-1-3-15(12,13)6-7/h5,7H,1-4,6,10H2. The maximum Gasteiger partial charge on any atom is 0.150 e. The number of hydrogen-bond acceptors (Lipinski definition) is 5. The molecule has 1 aliphatic rings. The Balaban J connectivity index is 2.17. The first kappa shape index (κ1) is 11.0. The minimum absolute atomic E-state index is 0.0836. The summed E-state index contributed by atoms with van der Waals surface area (Å²) in [6, 6.07) is 0. The molecule has 2 heterocycles. The highest BCUT2D eigenvalue weighted by molar-refractivity contribution is 7.91. The molecule has 1 atom stereocenters. The van der Waals surface area contributed by atoms with Crippen molar-refractivity contribution in [3.63, 3.8) is 0 Å². The number of nitrogens with zero attached hydrogens (tertiary/aromatic N) is 1. The fourth-order valence-electron chi connectivity index (χ4n) is 1.86. The summed E-state index contributed by atoms with van der Waals surface area (Å²) < 4.78 is 22.9. The molecule has 0 aromatic carbocycles. The van der Waals surface area contributed by atoms with Crippen LogP contribution in [0.2, 0.25) is 0 Å². The van der Waals surface area contributed by atoms with Crippen LogP contribution in [0.5, 0.6) is 0 Å². The van der Waals surface area contributed by atoms with Crippen molar-refractivity contribution in [2.45, 2.75) is 25.3 Å². The van der Waals surface area contributed by atoms with Gasteiger partial charge in [0.1, 0.15) is 5.01 Å². The van der Waals surface area contributed by atoms with Crippen LogP contribution in [0, 0.1) is 0 Å². The van der Waals surface area contributed by atoms with E-state index in [0.29, 0.717) is 12.3 Å². The lowest BCUT2D eigenvalue weighted by Crippen LogP contribution is -2.23. The summed E-state index contributed by atoms with van der Waals surface area (Å²) in [4.78, 5) is 4.35. The van der Waals surface area contributed by atoms with Gasteiger partial charge in [-0.1, -0.05) is 0 Å². The lowest BCUT2D eigenvalue weighted by atomic mass is 10.0. The van der Waals surface area contributed by atoms with Gasteiger partial charge in [0.2, 0.25) is 0 Å². The number of aromatic nitrogens is 1. The summed E-state index contributed by atoms with van der Waals surface area (Å²) in [5, 5.41) is 2.82. The molecule has 0 bridgehead atoms. The van der Waals surface area contributed by atoms with Crippen molar-refractivity contribution in [3.05, 3.63) is 16.1 Å². The number of rotatable bonds is 2. The van der Waals surface area contributed by atoms with Crippen molar-refractivity contribution < 1.29 is 8.42 Å². The van der Waals surface area contributed by atoms with Gasteiger partial charge in [-0.25, -0.2) is 13.4 Å². The first-order valence-electron chi connectivity index (χ1n) is 4.95. The Morgan fingerprint density at radius 3 is 3.00 bits per heavy atom. The van der Waals surface area contributed by atoms with Crippen LogP contribution in [0.1, 0.15) is 29.5 Å². The fourth-order valence-corrected chi connectivity index (χ4v) is 4.34. The number of sulfone groups is 1. The Labute approximate surface area is 93.4 Å². The topological polar surface area (TPSA) is 73.0 Å². The average Bonchev–Trinajstić information content (AvgIpc) is 2.64. The largest absolute Gasteiger partial charge is 0.325 e. The Hall–Kier alpha value is -0.460. The fraction of sp³-hybridized carbons (Fsp3) is 0.667. The third-order valence-electron chi connectivity index (χ3n) is 2.63. The smallest absolute Gasteiger partial charge is 0.150 e. The molecule has 2 N–H and O–H groups in total. The molecule has 0 aliphatic carbocycles. The highest BCUT2D eigenvalue weighted by Gasteiger charge is 2.27. The van der Waals surface area contributed by atoms with E-state index in [9.17, 15) is 8.42 Å². The zero-order valence-electron chi connectivity index (χ0n) is 8.35. The SMILES string of the molecule is NCc1nc(C2CCCS(=O)(=O)C2)cs1. The van der Waals surface area contributed by atoms with Crippen molar-refractivity contribution in [2.24, 2.45) is 5.73 Å². The molecule has 0 saturated carbocycles. The average molecular weight is 246 g/mol. The van der Waals surface area contributed by atoms with Crippen LogP contribution < -0.4 is 5.73 Å². The molecule has 1 aromatic rings. The van der Waals surface area contributed by atoms with Gasteiger partial charge in [0.15, 0.2) is 9.84 Å². The summed E-state index contributed by atoms with van der Waals surface area (Å²) in [5.41, 5.74) is 6.38. The van der Waals surface area contributed by atoms with E-state index >= 15 is 0 Å². The van der Waals surface area contributed by atoms with Crippen LogP contribution in [0.4, 0.5) is 0 Å². The highest BCUT2D eigenvalue weighted by Crippen LogP contribution is 2.28. The van der Waals surface area contributed by atoms with Crippen molar-refractivity contribution >= 4 is 21.2 Å². The molecule has 0 amide bonds. The van der Waals surface area contributed by atoms with E-state index in [4.69, 9.17) is 5.73 Å². The Bertz CT molecular complexity index is 439. The summed E-state index contributed by atoms with van der Waals surface area (Å²) in [5.74, 6) is 0.665. The van der Waals surface area contributed by atoms with Crippen molar-refractivity contribution in [1.82, 2.24) is 4.98 Å². The zero-order valence-corrected chi connectivity index (χ0v) is 9.98. The van der Waals surface area contributed by atoms with Crippen LogP contribution in [0.25, 0.3) is 0 Å². The lowest BCUT2D eigenvalue weighted by Gasteiger charge is -2.19. The van der Waals surface area contributed by atoms with E-state index in [-0.39, 0.29) is 11.7 Å². The van der Waals surface area contributed by atoms with E-state index in [0.717, 1.165) is 23.5 Å². The Morgan fingerprint density at radius 2 is 2.40 bits per heavy atom. The lowest BCUT2D eigenvalue weighted by molar-refractivity contribution is 0.550. The van der Waals surface area contributed by atoms with Crippen LogP contribution in [0.3, 0.4) is 0 Å². The van der Waals surface area contributed by atoms with Gasteiger partial charge in [0, 0.05) is 17.8 Å². The monoisotopic (exact) mass is 246 g/mol. The highest BCUT2D eigenvalue weighted by atomic mass is 32.2. The van der Waals surface area contributed by atoms with Crippen LogP contribution in [0.15, 0.2) is 5.38 Å². The van der Waals surface area contributed by atoms with Crippen LogP contribution >= 0.6 is 11.3 Å². The Morgan fingerprint density at radius 1 is 1.60 bits per heavy atom. The van der Waals surface area contributed by atoms with Gasteiger partial charge >= 0.3 is 0 Å². The van der Waals surface area contributed by atoms with Gasteiger partial charge in [0.25, 0.3) is 0 Å². The summed E-state index contributed by atoms with van der Waals surface area (Å²) in [7, 11) is -2.84. The molecule has 6 heteroatoms. The molecule has 2 rings (SSSR count). The molecule has 0 spiro atoms. The van der Waals surface area contributed by atoms with Gasteiger partial charge < -0.3 is 5.73 Å². The third kappa shape index (κ3) is 2.56. The predicted molar refractivity (Wildman–Crippen MR) is 60.6 cm³/mol. The van der Waals surface area contributed by atoms with Gasteiger partial charge in [-0.3, -0.25) is 0 Å². The zero-order chi connectivity index (χ0) is 10.9. The molecule has 84 valence electrons. The second-order valence-corrected chi connectivity index (χ2v) is 7.00. The maximum atomic E-state index is 11.5. The van der Waals surface area contributed by atoms with E-state index in [2.05, 4.69) is 4.98 Å². The molecule has 1 unspecified atom stereocenters. The number of thiazole rings is 1. The first-order valence-corrected chi connectivity index (χ1v) is 7.65. The first-order chi connectivity index (χ1) is 7.11. The molecule has 4 nitrogen and oxygen atoms in total. The van der Waals surface area contributed by atoms with Crippen molar-refractivity contribution in [1.29, 1.82) is 0 Å². The normalized spacial score (nSPS) is 25.3. The van der Waals surface area contributed by atoms with Crippen molar-refractivity contribution in [2.75, 3.05) is 11.5 Å². The number of hydrogen-bond donors (Lipinski definition) is 1. The van der Waals surface area contributed by atoms with E-state index < -0.39 is 9.84 Å². The van der Waals surface area contributed by atoms with E-state index in [1.54, 1.807) is 0 Å². The quantitative estimate of drug-likeness (QED) is 0.841. The van der Waals surface area contributed by atoms with Gasteiger partial charge in [-0.2, -0.15) is 0 Å². The molecular weight excluding hydrogens is 232 g/mol. The minimum atomic E-state index is -2.84. The van der Waals surface area contributed by atoms with Gasteiger partial charge in [0.05, 0.1) is 17.2 Å². The Kier molecular flexibility index (Phi) is 3.08. The van der Waals surface area contributed by atoms with Crippen LogP contribution in [-0.2, 0) is 16.4 Å². The van der Waals surface area contributed by atoms with Gasteiger partial charge in [-0.05, 0) is 12.8 Å². The number of nitrogens with two attached hydrogens (primary N) is 1. The molecule has 15 heavy (non-hydrogen) atoms. The molecule has 1 fully saturated rings. The summed E-state index contributed by atoms with van der Waals surface area (Å²) in [6.45, 7) is 0.435. The third-order valence-corrected chi connectivity index (χ3v) is 5.34. The molecule has 1 aliphatic heterocycles. The minimum Gasteiger partial charge on any atom is -0.325 e. The summed E-state index contributed by atoms with van der Waals surface area (Å²) in [6.07, 6.45) is 1.68. The van der Waals surface area contributed by atoms with Crippen LogP contribution in [-0.4, -0.2) is 24.9 Å². The maximum absolute atomic E-state index is 11.5. The molecule has 1 aromatic heterocycles. The van der Waals surface area contributed by atoms with Gasteiger partial charge in [-0.15, -0.1) is 11.3 Å². The molecular formula is C9H14N2O2S2. The van der Waals surface area contributed by atoms with E-state index in [1.807, 2.05) is 5.38 Å². The second kappa shape index (κ2) is 4.19. The van der Waals surface area contributed by atoms with E-state index in [1.165, 1.54) is 11.3 Å². The summed E-state index contributed by atoms with van der Waals surface area (Å²) >= 11 is 1.51. The van der Waals surface area contributed by atoms with Crippen molar-refractivity contribution in [3.8, 4) is 0 Å².